The lowest BCUT2D eigenvalue weighted by molar-refractivity contribution is -0.128. The zero-order valence-corrected chi connectivity index (χ0v) is 9.66. The van der Waals surface area contributed by atoms with E-state index in [1.165, 1.54) is 0 Å². The number of ketones is 1. The highest BCUT2D eigenvalue weighted by Crippen LogP contribution is 2.24. The molecule has 1 saturated carbocycles. The quantitative estimate of drug-likeness (QED) is 0.839. The van der Waals surface area contributed by atoms with Gasteiger partial charge < -0.3 is 4.52 Å². The van der Waals surface area contributed by atoms with Gasteiger partial charge in [-0.2, -0.15) is 18.2 Å². The molecule has 1 aromatic heterocycles. The van der Waals surface area contributed by atoms with Crippen LogP contribution in [0.5, 0.6) is 0 Å². The van der Waals surface area contributed by atoms with Crippen LogP contribution in [0.25, 0.3) is 0 Å². The molecule has 4 nitrogen and oxygen atoms in total. The molecule has 1 fully saturated rings. The van der Waals surface area contributed by atoms with Crippen LogP contribution in [0, 0.1) is 5.92 Å². The number of carbonyl (C=O) groups is 1. The van der Waals surface area contributed by atoms with E-state index in [0.717, 1.165) is 19.3 Å². The fourth-order valence-electron chi connectivity index (χ4n) is 2.11. The standard InChI is InChI=1S/C11H13F3N2O2/c12-11(13,14)6-9-15-10(18-16-9)5-7-3-1-2-4-8(7)17/h7H,1-6H2. The van der Waals surface area contributed by atoms with Gasteiger partial charge in [0.25, 0.3) is 0 Å². The van der Waals surface area contributed by atoms with Crippen LogP contribution in [0.1, 0.15) is 37.4 Å². The molecule has 1 aliphatic carbocycles. The van der Waals surface area contributed by atoms with Crippen molar-refractivity contribution >= 4 is 5.78 Å². The van der Waals surface area contributed by atoms with E-state index >= 15 is 0 Å². The Kier molecular flexibility index (Phi) is 3.68. The van der Waals surface area contributed by atoms with E-state index in [-0.39, 0.29) is 29.8 Å². The van der Waals surface area contributed by atoms with E-state index < -0.39 is 12.6 Å². The van der Waals surface area contributed by atoms with E-state index in [9.17, 15) is 18.0 Å². The molecule has 1 heterocycles. The Hall–Kier alpha value is -1.40. The van der Waals surface area contributed by atoms with Crippen molar-refractivity contribution in [1.82, 2.24) is 10.1 Å². The van der Waals surface area contributed by atoms with Crippen molar-refractivity contribution in [3.05, 3.63) is 11.7 Å². The molecule has 18 heavy (non-hydrogen) atoms. The van der Waals surface area contributed by atoms with Crippen LogP contribution in [-0.4, -0.2) is 22.1 Å². The molecule has 1 unspecified atom stereocenters. The van der Waals surface area contributed by atoms with E-state index in [1.807, 2.05) is 0 Å². The van der Waals surface area contributed by atoms with Gasteiger partial charge in [-0.1, -0.05) is 11.6 Å². The summed E-state index contributed by atoms with van der Waals surface area (Å²) < 4.78 is 41.0. The predicted molar refractivity (Wildman–Crippen MR) is 54.7 cm³/mol. The Morgan fingerprint density at radius 1 is 1.33 bits per heavy atom. The van der Waals surface area contributed by atoms with Crippen molar-refractivity contribution in [3.8, 4) is 0 Å². The van der Waals surface area contributed by atoms with Crippen molar-refractivity contribution in [2.75, 3.05) is 0 Å². The van der Waals surface area contributed by atoms with Gasteiger partial charge >= 0.3 is 6.18 Å². The van der Waals surface area contributed by atoms with Crippen molar-refractivity contribution in [2.45, 2.75) is 44.7 Å². The van der Waals surface area contributed by atoms with Gasteiger partial charge in [0.2, 0.25) is 5.89 Å². The van der Waals surface area contributed by atoms with Crippen LogP contribution in [0.4, 0.5) is 13.2 Å². The third-order valence-electron chi connectivity index (χ3n) is 2.97. The molecule has 7 heteroatoms. The zero-order chi connectivity index (χ0) is 13.2. The molecular formula is C11H13F3N2O2. The molecular weight excluding hydrogens is 249 g/mol. The minimum Gasteiger partial charge on any atom is -0.339 e. The first-order chi connectivity index (χ1) is 8.44. The summed E-state index contributed by atoms with van der Waals surface area (Å²) in [7, 11) is 0. The molecule has 1 atom stereocenters. The van der Waals surface area contributed by atoms with Crippen molar-refractivity contribution in [1.29, 1.82) is 0 Å². The molecule has 0 bridgehead atoms. The SMILES string of the molecule is O=C1CCCCC1Cc1nc(CC(F)(F)F)no1. The molecule has 0 amide bonds. The third-order valence-corrected chi connectivity index (χ3v) is 2.97. The minimum absolute atomic E-state index is 0.120. The van der Waals surface area contributed by atoms with E-state index in [4.69, 9.17) is 4.52 Å². The first-order valence-corrected chi connectivity index (χ1v) is 5.85. The lowest BCUT2D eigenvalue weighted by Gasteiger charge is -2.18. The number of aromatic nitrogens is 2. The fourth-order valence-corrected chi connectivity index (χ4v) is 2.11. The molecule has 0 aromatic carbocycles. The van der Waals surface area contributed by atoms with Crippen LogP contribution in [0.15, 0.2) is 4.52 Å². The Bertz CT molecular complexity index is 428. The second-order valence-corrected chi connectivity index (χ2v) is 4.51. The molecule has 0 spiro atoms. The zero-order valence-electron chi connectivity index (χ0n) is 9.66. The highest BCUT2D eigenvalue weighted by atomic mass is 19.4. The smallest absolute Gasteiger partial charge is 0.339 e. The first kappa shape index (κ1) is 13.0. The highest BCUT2D eigenvalue weighted by molar-refractivity contribution is 5.81. The minimum atomic E-state index is -4.35. The fraction of sp³-hybridized carbons (Fsp3) is 0.727. The number of halogens is 3. The first-order valence-electron chi connectivity index (χ1n) is 5.85. The maximum atomic E-state index is 12.1. The summed E-state index contributed by atoms with van der Waals surface area (Å²) in [6, 6.07) is 0. The lowest BCUT2D eigenvalue weighted by Crippen LogP contribution is -2.21. The van der Waals surface area contributed by atoms with Gasteiger partial charge in [-0.05, 0) is 12.8 Å². The molecule has 100 valence electrons. The molecule has 0 N–H and O–H groups in total. The van der Waals surface area contributed by atoms with E-state index in [2.05, 4.69) is 10.1 Å². The summed E-state index contributed by atoms with van der Waals surface area (Å²) in [5.41, 5.74) is 0. The summed E-state index contributed by atoms with van der Waals surface area (Å²) >= 11 is 0. The van der Waals surface area contributed by atoms with E-state index in [0.29, 0.717) is 6.42 Å². The summed E-state index contributed by atoms with van der Waals surface area (Å²) in [5, 5.41) is 3.27. The Labute approximate surface area is 102 Å². The number of hydrogen-bond acceptors (Lipinski definition) is 4. The Morgan fingerprint density at radius 3 is 2.78 bits per heavy atom. The summed E-state index contributed by atoms with van der Waals surface area (Å²) in [4.78, 5) is 15.2. The summed E-state index contributed by atoms with van der Waals surface area (Å²) in [6.07, 6.45) is -2.16. The van der Waals surface area contributed by atoms with Crippen molar-refractivity contribution in [3.63, 3.8) is 0 Å². The second-order valence-electron chi connectivity index (χ2n) is 4.51. The van der Waals surface area contributed by atoms with Gasteiger partial charge in [-0.15, -0.1) is 0 Å². The second kappa shape index (κ2) is 5.07. The maximum Gasteiger partial charge on any atom is 0.396 e. The number of hydrogen-bond donors (Lipinski definition) is 0. The van der Waals surface area contributed by atoms with Gasteiger partial charge in [0.1, 0.15) is 12.2 Å². The Balaban J connectivity index is 1.96. The normalized spacial score (nSPS) is 21.3. The average molecular weight is 262 g/mol. The molecule has 0 saturated heterocycles. The average Bonchev–Trinajstić information content (AvgIpc) is 2.66. The van der Waals surface area contributed by atoms with Crippen LogP contribution >= 0.6 is 0 Å². The largest absolute Gasteiger partial charge is 0.396 e. The van der Waals surface area contributed by atoms with Crippen molar-refractivity contribution < 1.29 is 22.5 Å². The van der Waals surface area contributed by atoms with Crippen LogP contribution in [0.3, 0.4) is 0 Å². The number of rotatable bonds is 3. The molecule has 1 aliphatic rings. The Morgan fingerprint density at radius 2 is 2.11 bits per heavy atom. The van der Waals surface area contributed by atoms with Gasteiger partial charge in [-0.3, -0.25) is 4.79 Å². The summed E-state index contributed by atoms with van der Waals surface area (Å²) in [5.74, 6) is -0.301. The summed E-state index contributed by atoms with van der Waals surface area (Å²) in [6.45, 7) is 0. The van der Waals surface area contributed by atoms with Crippen LogP contribution in [0.2, 0.25) is 0 Å². The van der Waals surface area contributed by atoms with Gasteiger partial charge in [0.05, 0.1) is 0 Å². The maximum absolute atomic E-state index is 12.1. The van der Waals surface area contributed by atoms with Gasteiger partial charge in [0, 0.05) is 18.8 Å². The molecule has 2 rings (SSSR count). The highest BCUT2D eigenvalue weighted by Gasteiger charge is 2.31. The van der Waals surface area contributed by atoms with E-state index in [1.54, 1.807) is 0 Å². The van der Waals surface area contributed by atoms with Crippen LogP contribution in [-0.2, 0) is 17.6 Å². The van der Waals surface area contributed by atoms with Gasteiger partial charge in [0.15, 0.2) is 5.82 Å². The number of Topliss-reactive ketones (excluding diaryl/α,β-unsaturated/α-hetero) is 1. The number of carbonyl (C=O) groups excluding carboxylic acids is 1. The third kappa shape index (κ3) is 3.54. The van der Waals surface area contributed by atoms with Crippen molar-refractivity contribution in [2.24, 2.45) is 5.92 Å². The molecule has 0 radical (unpaired) electrons. The number of alkyl halides is 3. The molecule has 1 aromatic rings. The predicted octanol–water partition coefficient (Wildman–Crippen LogP) is 2.48. The topological polar surface area (TPSA) is 56.0 Å². The monoisotopic (exact) mass is 262 g/mol. The molecule has 0 aliphatic heterocycles. The van der Waals surface area contributed by atoms with Gasteiger partial charge in [-0.25, -0.2) is 0 Å². The lowest BCUT2D eigenvalue weighted by atomic mass is 9.86. The van der Waals surface area contributed by atoms with Crippen LogP contribution < -0.4 is 0 Å². The number of nitrogens with zero attached hydrogens (tertiary/aromatic N) is 2.